The minimum absolute atomic E-state index is 0.150. The highest BCUT2D eigenvalue weighted by Crippen LogP contribution is 2.05. The lowest BCUT2D eigenvalue weighted by atomic mass is 10.4. The van der Waals surface area contributed by atoms with Gasteiger partial charge in [-0.2, -0.15) is 5.10 Å². The number of esters is 1. The maximum atomic E-state index is 11.5. The van der Waals surface area contributed by atoms with Gasteiger partial charge in [0.15, 0.2) is 5.69 Å². The van der Waals surface area contributed by atoms with Crippen molar-refractivity contribution in [1.29, 1.82) is 0 Å². The topological polar surface area (TPSA) is 61.2 Å². The van der Waals surface area contributed by atoms with Crippen molar-refractivity contribution < 1.29 is 14.3 Å². The smallest absolute Gasteiger partial charge is 0.358 e. The lowest BCUT2D eigenvalue weighted by Gasteiger charge is -1.97. The molecule has 0 unspecified atom stereocenters. The van der Waals surface area contributed by atoms with Gasteiger partial charge in [-0.05, 0) is 26.8 Å². The molecule has 5 nitrogen and oxygen atoms in total. The van der Waals surface area contributed by atoms with Crippen LogP contribution in [0.2, 0.25) is 0 Å². The van der Waals surface area contributed by atoms with E-state index in [0.717, 1.165) is 0 Å². The van der Waals surface area contributed by atoms with E-state index in [-0.39, 0.29) is 18.2 Å². The van der Waals surface area contributed by atoms with Crippen LogP contribution in [0.4, 0.5) is 0 Å². The van der Waals surface area contributed by atoms with Crippen molar-refractivity contribution in [3.8, 4) is 0 Å². The molecular formula is C11H14N2O3. The molecule has 0 atom stereocenters. The van der Waals surface area contributed by atoms with Crippen molar-refractivity contribution in [2.75, 3.05) is 6.61 Å². The molecule has 0 amide bonds. The van der Waals surface area contributed by atoms with Gasteiger partial charge in [-0.3, -0.25) is 4.79 Å². The van der Waals surface area contributed by atoms with Crippen LogP contribution in [0.25, 0.3) is 0 Å². The molecular weight excluding hydrogens is 208 g/mol. The summed E-state index contributed by atoms with van der Waals surface area (Å²) in [6.45, 7) is 5.44. The summed E-state index contributed by atoms with van der Waals surface area (Å²) in [7, 11) is 0. The minimum atomic E-state index is -0.516. The van der Waals surface area contributed by atoms with Crippen molar-refractivity contribution in [2.24, 2.45) is 0 Å². The van der Waals surface area contributed by atoms with E-state index in [9.17, 15) is 9.59 Å². The van der Waals surface area contributed by atoms with Crippen molar-refractivity contribution >= 4 is 11.9 Å². The maximum absolute atomic E-state index is 11.5. The van der Waals surface area contributed by atoms with E-state index in [0.29, 0.717) is 5.69 Å². The summed E-state index contributed by atoms with van der Waals surface area (Å²) in [4.78, 5) is 22.9. The molecule has 16 heavy (non-hydrogen) atoms. The van der Waals surface area contributed by atoms with Crippen LogP contribution >= 0.6 is 0 Å². The average molecular weight is 222 g/mol. The molecule has 0 aliphatic carbocycles. The molecule has 0 saturated carbocycles. The Morgan fingerprint density at radius 1 is 1.56 bits per heavy atom. The van der Waals surface area contributed by atoms with Gasteiger partial charge in [-0.1, -0.05) is 6.08 Å². The third-order valence-corrected chi connectivity index (χ3v) is 1.89. The van der Waals surface area contributed by atoms with E-state index in [2.05, 4.69) is 5.10 Å². The fourth-order valence-corrected chi connectivity index (χ4v) is 1.22. The van der Waals surface area contributed by atoms with Gasteiger partial charge in [-0.15, -0.1) is 0 Å². The predicted molar refractivity (Wildman–Crippen MR) is 58.4 cm³/mol. The number of ether oxygens (including phenoxy) is 1. The Hall–Kier alpha value is -1.91. The van der Waals surface area contributed by atoms with Gasteiger partial charge < -0.3 is 4.74 Å². The zero-order valence-electron chi connectivity index (χ0n) is 9.56. The predicted octanol–water partition coefficient (Wildman–Crippen LogP) is 1.58. The molecule has 0 fully saturated rings. The first-order valence-corrected chi connectivity index (χ1v) is 5.01. The fraction of sp³-hybridized carbons (Fsp3) is 0.364. The highest BCUT2D eigenvalue weighted by molar-refractivity contribution is 5.92. The Morgan fingerprint density at radius 2 is 2.25 bits per heavy atom. The van der Waals surface area contributed by atoms with E-state index in [1.807, 2.05) is 0 Å². The van der Waals surface area contributed by atoms with E-state index in [1.165, 1.54) is 16.8 Å². The van der Waals surface area contributed by atoms with Gasteiger partial charge in [0.1, 0.15) is 0 Å². The van der Waals surface area contributed by atoms with Crippen LogP contribution in [-0.2, 0) is 4.74 Å². The average Bonchev–Trinajstić information content (AvgIpc) is 2.61. The number of hydrogen-bond acceptors (Lipinski definition) is 4. The van der Waals surface area contributed by atoms with Crippen LogP contribution < -0.4 is 0 Å². The molecule has 0 saturated heterocycles. The van der Waals surface area contributed by atoms with Crippen LogP contribution in [0, 0.1) is 6.92 Å². The highest BCUT2D eigenvalue weighted by atomic mass is 16.5. The van der Waals surface area contributed by atoms with E-state index in [4.69, 9.17) is 4.74 Å². The Morgan fingerprint density at radius 3 is 2.81 bits per heavy atom. The molecule has 1 rings (SSSR count). The van der Waals surface area contributed by atoms with Gasteiger partial charge in [-0.25, -0.2) is 9.48 Å². The van der Waals surface area contributed by atoms with Crippen LogP contribution in [0.1, 0.15) is 34.8 Å². The van der Waals surface area contributed by atoms with Gasteiger partial charge in [0.2, 0.25) is 0 Å². The Balaban J connectivity index is 2.98. The first-order valence-electron chi connectivity index (χ1n) is 5.01. The summed E-state index contributed by atoms with van der Waals surface area (Å²) in [5, 5.41) is 3.89. The molecule has 0 N–H and O–H groups in total. The molecule has 0 radical (unpaired) electrons. The van der Waals surface area contributed by atoms with Crippen molar-refractivity contribution in [3.63, 3.8) is 0 Å². The minimum Gasteiger partial charge on any atom is -0.461 e. The molecule has 0 aliphatic rings. The first kappa shape index (κ1) is 12.2. The molecule has 1 aromatic rings. The summed E-state index contributed by atoms with van der Waals surface area (Å²) in [6.07, 6.45) is 3.00. The Bertz CT molecular complexity index is 432. The second-order valence-corrected chi connectivity index (χ2v) is 3.14. The lowest BCUT2D eigenvalue weighted by molar-refractivity contribution is 0.0519. The number of aryl methyl sites for hydroxylation is 1. The normalized spacial score (nSPS) is 10.7. The number of hydrogen-bond donors (Lipinski definition) is 0. The van der Waals surface area contributed by atoms with Gasteiger partial charge in [0, 0.05) is 11.8 Å². The van der Waals surface area contributed by atoms with Gasteiger partial charge >= 0.3 is 5.97 Å². The molecule has 0 aliphatic heterocycles. The summed E-state index contributed by atoms with van der Waals surface area (Å²) >= 11 is 0. The third kappa shape index (κ3) is 2.56. The van der Waals surface area contributed by atoms with Crippen LogP contribution in [-0.4, -0.2) is 28.3 Å². The Labute approximate surface area is 93.7 Å². The number of carbonyl (C=O) groups excluding carboxylic acids is 2. The standard InChI is InChI=1S/C11H14N2O3/c1-4-6-10(14)13-8(3)7-9(12-13)11(15)16-5-2/h4,6-7H,5H2,1-3H3/b6-4+. The maximum Gasteiger partial charge on any atom is 0.358 e. The summed E-state index contributed by atoms with van der Waals surface area (Å²) < 4.78 is 5.96. The largest absolute Gasteiger partial charge is 0.461 e. The molecule has 0 aromatic carbocycles. The van der Waals surface area contributed by atoms with E-state index < -0.39 is 5.97 Å². The molecule has 1 aromatic heterocycles. The number of carbonyl (C=O) groups is 2. The zero-order valence-corrected chi connectivity index (χ0v) is 9.56. The first-order chi connectivity index (χ1) is 7.60. The summed E-state index contributed by atoms with van der Waals surface area (Å²) in [6, 6.07) is 1.53. The quantitative estimate of drug-likeness (QED) is 0.575. The van der Waals surface area contributed by atoms with Crippen molar-refractivity contribution in [3.05, 3.63) is 29.6 Å². The molecule has 5 heteroatoms. The fourth-order valence-electron chi connectivity index (χ4n) is 1.22. The Kier molecular flexibility index (Phi) is 3.99. The van der Waals surface area contributed by atoms with Gasteiger partial charge in [0.25, 0.3) is 5.91 Å². The molecule has 86 valence electrons. The highest BCUT2D eigenvalue weighted by Gasteiger charge is 2.15. The number of nitrogens with zero attached hydrogens (tertiary/aromatic N) is 2. The zero-order chi connectivity index (χ0) is 12.1. The third-order valence-electron chi connectivity index (χ3n) is 1.89. The monoisotopic (exact) mass is 222 g/mol. The van der Waals surface area contributed by atoms with E-state index >= 15 is 0 Å². The lowest BCUT2D eigenvalue weighted by Crippen LogP contribution is -2.12. The van der Waals surface area contributed by atoms with Crippen LogP contribution in [0.5, 0.6) is 0 Å². The summed E-state index contributed by atoms with van der Waals surface area (Å²) in [5.41, 5.74) is 0.753. The van der Waals surface area contributed by atoms with Crippen molar-refractivity contribution in [1.82, 2.24) is 9.78 Å². The number of aromatic nitrogens is 2. The molecule has 0 spiro atoms. The number of rotatable bonds is 3. The van der Waals surface area contributed by atoms with E-state index in [1.54, 1.807) is 26.8 Å². The van der Waals surface area contributed by atoms with Crippen LogP contribution in [0.15, 0.2) is 18.2 Å². The molecule has 0 bridgehead atoms. The van der Waals surface area contributed by atoms with Crippen molar-refractivity contribution in [2.45, 2.75) is 20.8 Å². The SMILES string of the molecule is C/C=C/C(=O)n1nc(C(=O)OCC)cc1C. The molecule has 1 heterocycles. The number of allylic oxidation sites excluding steroid dienone is 2. The second-order valence-electron chi connectivity index (χ2n) is 3.14. The summed E-state index contributed by atoms with van der Waals surface area (Å²) in [5.74, 6) is -0.798. The van der Waals surface area contributed by atoms with Crippen LogP contribution in [0.3, 0.4) is 0 Å². The second kappa shape index (κ2) is 5.25. The van der Waals surface area contributed by atoms with Gasteiger partial charge in [0.05, 0.1) is 6.61 Å².